The van der Waals surface area contributed by atoms with Crippen LogP contribution in [0.1, 0.15) is 46.0 Å². The van der Waals surface area contributed by atoms with Crippen LogP contribution in [0, 0.1) is 0 Å². The zero-order valence-electron chi connectivity index (χ0n) is 8.48. The van der Waals surface area contributed by atoms with Crippen molar-refractivity contribution >= 4 is 0 Å². The van der Waals surface area contributed by atoms with Gasteiger partial charge in [0, 0.05) is 0 Å². The third-order valence-electron chi connectivity index (χ3n) is 1.43. The SMILES string of the molecule is CCC(O)O.CCCCCC(O)O. The molecule has 82 valence electrons. The number of aliphatic hydroxyl groups excluding tert-OH is 2. The van der Waals surface area contributed by atoms with E-state index in [1.165, 1.54) is 0 Å². The van der Waals surface area contributed by atoms with Gasteiger partial charge in [0.05, 0.1) is 0 Å². The van der Waals surface area contributed by atoms with Crippen molar-refractivity contribution in [3.8, 4) is 0 Å². The molecular formula is C9H22O4. The number of hydrogen-bond acceptors (Lipinski definition) is 4. The second kappa shape index (κ2) is 11.8. The van der Waals surface area contributed by atoms with Crippen LogP contribution in [-0.2, 0) is 0 Å². The first-order chi connectivity index (χ1) is 6.04. The van der Waals surface area contributed by atoms with Crippen LogP contribution >= 0.6 is 0 Å². The molecule has 0 aromatic rings. The van der Waals surface area contributed by atoms with Gasteiger partial charge in [-0.1, -0.05) is 26.7 Å². The van der Waals surface area contributed by atoms with Gasteiger partial charge in [-0.05, 0) is 19.3 Å². The van der Waals surface area contributed by atoms with E-state index in [9.17, 15) is 0 Å². The van der Waals surface area contributed by atoms with Crippen LogP contribution in [0.15, 0.2) is 0 Å². The van der Waals surface area contributed by atoms with Gasteiger partial charge in [0.15, 0.2) is 12.6 Å². The van der Waals surface area contributed by atoms with Crippen molar-refractivity contribution in [2.45, 2.75) is 58.5 Å². The summed E-state index contributed by atoms with van der Waals surface area (Å²) in [6.07, 6.45) is 1.88. The average Bonchev–Trinajstić information content (AvgIpc) is 2.05. The lowest BCUT2D eigenvalue weighted by Gasteiger charge is -1.99. The minimum Gasteiger partial charge on any atom is -0.368 e. The van der Waals surface area contributed by atoms with E-state index >= 15 is 0 Å². The van der Waals surface area contributed by atoms with E-state index in [0.717, 1.165) is 19.3 Å². The third-order valence-corrected chi connectivity index (χ3v) is 1.43. The summed E-state index contributed by atoms with van der Waals surface area (Å²) in [5, 5.41) is 32.5. The Bertz CT molecular complexity index is 83.7. The van der Waals surface area contributed by atoms with Crippen LogP contribution in [-0.4, -0.2) is 33.0 Å². The predicted octanol–water partition coefficient (Wildman–Crippen LogP) is 0.584. The van der Waals surface area contributed by atoms with Gasteiger partial charge in [0.25, 0.3) is 0 Å². The lowest BCUT2D eigenvalue weighted by atomic mass is 10.2. The Morgan fingerprint density at radius 2 is 1.31 bits per heavy atom. The van der Waals surface area contributed by atoms with Crippen molar-refractivity contribution < 1.29 is 20.4 Å². The highest BCUT2D eigenvalue weighted by Gasteiger charge is 1.93. The molecule has 0 radical (unpaired) electrons. The molecule has 4 nitrogen and oxygen atoms in total. The average molecular weight is 194 g/mol. The second-order valence-electron chi connectivity index (χ2n) is 2.87. The van der Waals surface area contributed by atoms with E-state index in [0.29, 0.717) is 12.8 Å². The zero-order chi connectivity index (χ0) is 10.7. The fourth-order valence-corrected chi connectivity index (χ4v) is 0.577. The minimum absolute atomic E-state index is 0.417. The van der Waals surface area contributed by atoms with Gasteiger partial charge >= 0.3 is 0 Å². The Hall–Kier alpha value is -0.160. The summed E-state index contributed by atoms with van der Waals surface area (Å²) < 4.78 is 0. The molecule has 0 amide bonds. The van der Waals surface area contributed by atoms with E-state index < -0.39 is 12.6 Å². The van der Waals surface area contributed by atoms with Crippen LogP contribution in [0.25, 0.3) is 0 Å². The Morgan fingerprint density at radius 1 is 0.846 bits per heavy atom. The molecule has 13 heavy (non-hydrogen) atoms. The summed E-state index contributed by atoms with van der Waals surface area (Å²) >= 11 is 0. The van der Waals surface area contributed by atoms with E-state index in [1.54, 1.807) is 6.92 Å². The van der Waals surface area contributed by atoms with Crippen molar-refractivity contribution in [1.82, 2.24) is 0 Å². The predicted molar refractivity (Wildman–Crippen MR) is 50.9 cm³/mol. The summed E-state index contributed by atoms with van der Waals surface area (Å²) in [6.45, 7) is 3.79. The molecule has 0 unspecified atom stereocenters. The fourth-order valence-electron chi connectivity index (χ4n) is 0.577. The minimum atomic E-state index is -1.12. The first kappa shape index (κ1) is 15.3. The maximum absolute atomic E-state index is 8.33. The second-order valence-corrected chi connectivity index (χ2v) is 2.87. The third kappa shape index (κ3) is 24.5. The quantitative estimate of drug-likeness (QED) is 0.381. The molecule has 0 aliphatic rings. The Kier molecular flexibility index (Phi) is 14.0. The number of rotatable bonds is 5. The first-order valence-corrected chi connectivity index (χ1v) is 4.76. The maximum atomic E-state index is 8.33. The molecule has 0 atom stereocenters. The van der Waals surface area contributed by atoms with Crippen molar-refractivity contribution in [3.63, 3.8) is 0 Å². The molecule has 4 heteroatoms. The van der Waals surface area contributed by atoms with Crippen LogP contribution < -0.4 is 0 Å². The number of aliphatic hydroxyl groups is 4. The normalized spacial score (nSPS) is 10.2. The summed E-state index contributed by atoms with van der Waals surface area (Å²) in [6, 6.07) is 0. The van der Waals surface area contributed by atoms with Crippen LogP contribution in [0.2, 0.25) is 0 Å². The molecule has 0 spiro atoms. The largest absolute Gasteiger partial charge is 0.368 e. The topological polar surface area (TPSA) is 80.9 Å². The van der Waals surface area contributed by atoms with Gasteiger partial charge < -0.3 is 20.4 Å². The molecular weight excluding hydrogens is 172 g/mol. The summed E-state index contributed by atoms with van der Waals surface area (Å²) in [4.78, 5) is 0. The van der Waals surface area contributed by atoms with Gasteiger partial charge in [-0.15, -0.1) is 0 Å². The highest BCUT2D eigenvalue weighted by Crippen LogP contribution is 1.99. The smallest absolute Gasteiger partial charge is 0.151 e. The molecule has 0 heterocycles. The van der Waals surface area contributed by atoms with Crippen molar-refractivity contribution in [2.24, 2.45) is 0 Å². The standard InChI is InChI=1S/C6H14O2.C3H8O2/c1-2-3-4-5-6(7)8;1-2-3(4)5/h6-8H,2-5H2,1H3;3-5H,2H2,1H3. The summed E-state index contributed by atoms with van der Waals surface area (Å²) in [7, 11) is 0. The first-order valence-electron chi connectivity index (χ1n) is 4.76. The molecule has 0 bridgehead atoms. The monoisotopic (exact) mass is 194 g/mol. The van der Waals surface area contributed by atoms with E-state index in [1.807, 2.05) is 0 Å². The highest BCUT2D eigenvalue weighted by atomic mass is 16.5. The fraction of sp³-hybridized carbons (Fsp3) is 1.00. The van der Waals surface area contributed by atoms with Gasteiger partial charge in [0.1, 0.15) is 0 Å². The van der Waals surface area contributed by atoms with E-state index in [4.69, 9.17) is 20.4 Å². The molecule has 0 aromatic heterocycles. The molecule has 0 rings (SSSR count). The molecule has 0 saturated carbocycles. The lowest BCUT2D eigenvalue weighted by molar-refractivity contribution is -0.0466. The maximum Gasteiger partial charge on any atom is 0.151 e. The van der Waals surface area contributed by atoms with Crippen molar-refractivity contribution in [3.05, 3.63) is 0 Å². The molecule has 0 saturated heterocycles. The molecule has 0 aliphatic heterocycles. The molecule has 0 aliphatic carbocycles. The Balaban J connectivity index is 0. The number of hydrogen-bond donors (Lipinski definition) is 4. The van der Waals surface area contributed by atoms with Crippen LogP contribution in [0.5, 0.6) is 0 Å². The van der Waals surface area contributed by atoms with E-state index in [2.05, 4.69) is 6.92 Å². The van der Waals surface area contributed by atoms with Gasteiger partial charge in [-0.2, -0.15) is 0 Å². The van der Waals surface area contributed by atoms with Crippen molar-refractivity contribution in [2.75, 3.05) is 0 Å². The molecule has 0 fully saturated rings. The van der Waals surface area contributed by atoms with Gasteiger partial charge in [-0.3, -0.25) is 0 Å². The van der Waals surface area contributed by atoms with E-state index in [-0.39, 0.29) is 0 Å². The van der Waals surface area contributed by atoms with Gasteiger partial charge in [-0.25, -0.2) is 0 Å². The highest BCUT2D eigenvalue weighted by molar-refractivity contribution is 4.40. The van der Waals surface area contributed by atoms with Crippen LogP contribution in [0.3, 0.4) is 0 Å². The molecule has 0 aromatic carbocycles. The Labute approximate surface area is 79.8 Å². The number of unbranched alkanes of at least 4 members (excludes halogenated alkanes) is 2. The molecule has 4 N–H and O–H groups in total. The zero-order valence-corrected chi connectivity index (χ0v) is 8.48. The van der Waals surface area contributed by atoms with Crippen LogP contribution in [0.4, 0.5) is 0 Å². The lowest BCUT2D eigenvalue weighted by Crippen LogP contribution is -2.02. The summed E-state index contributed by atoms with van der Waals surface area (Å²) in [5.74, 6) is 0. The Morgan fingerprint density at radius 3 is 1.54 bits per heavy atom. The summed E-state index contributed by atoms with van der Waals surface area (Å²) in [5.41, 5.74) is 0. The van der Waals surface area contributed by atoms with Gasteiger partial charge in [0.2, 0.25) is 0 Å². The van der Waals surface area contributed by atoms with Crippen molar-refractivity contribution in [1.29, 1.82) is 0 Å².